The Labute approximate surface area is 220 Å². The van der Waals surface area contributed by atoms with Crippen LogP contribution in [0.2, 0.25) is 0 Å². The predicted octanol–water partition coefficient (Wildman–Crippen LogP) is 5.33. The van der Waals surface area contributed by atoms with Gasteiger partial charge in [0.15, 0.2) is 0 Å². The third-order valence-electron chi connectivity index (χ3n) is 8.14. The van der Waals surface area contributed by atoms with Gasteiger partial charge in [-0.2, -0.15) is 13.2 Å². The Morgan fingerprint density at radius 1 is 1.32 bits per heavy atom. The molecule has 2 amide bonds. The SMILES string of the molecule is Cc1ccc(NC(=O)N2CC[C@@H](CC(F)(F)F)C2)cc1-c1cc(N[C@H](C)CO)nc([C@@]23CCOC[C@@H]2C3)c1. The first-order valence-corrected chi connectivity index (χ1v) is 13.3. The maximum absolute atomic E-state index is 12.9. The zero-order valence-corrected chi connectivity index (χ0v) is 21.8. The largest absolute Gasteiger partial charge is 0.394 e. The number of carbonyl (C=O) groups excluding carboxylic acids is 1. The van der Waals surface area contributed by atoms with Gasteiger partial charge in [0.05, 0.1) is 18.9 Å². The number of nitrogens with one attached hydrogen (secondary N) is 2. The molecule has 0 spiro atoms. The van der Waals surface area contributed by atoms with E-state index in [0.717, 1.165) is 41.8 Å². The number of likely N-dealkylation sites (tertiary alicyclic amines) is 1. The minimum Gasteiger partial charge on any atom is -0.394 e. The van der Waals surface area contributed by atoms with E-state index in [1.807, 2.05) is 38.1 Å². The van der Waals surface area contributed by atoms with Crippen molar-refractivity contribution in [2.75, 3.05) is 43.5 Å². The maximum Gasteiger partial charge on any atom is 0.389 e. The lowest BCUT2D eigenvalue weighted by molar-refractivity contribution is -0.143. The van der Waals surface area contributed by atoms with Crippen LogP contribution in [0.5, 0.6) is 0 Å². The van der Waals surface area contributed by atoms with Gasteiger partial charge in [0.2, 0.25) is 0 Å². The Morgan fingerprint density at radius 2 is 2.13 bits per heavy atom. The second kappa shape index (κ2) is 10.4. The van der Waals surface area contributed by atoms with Gasteiger partial charge in [0, 0.05) is 43.3 Å². The summed E-state index contributed by atoms with van der Waals surface area (Å²) in [7, 11) is 0. The molecule has 10 heteroatoms. The molecular formula is C28H35F3N4O3. The summed E-state index contributed by atoms with van der Waals surface area (Å²) in [6, 6.07) is 9.17. The lowest BCUT2D eigenvalue weighted by Gasteiger charge is -2.24. The lowest BCUT2D eigenvalue weighted by atomic mass is 9.90. The number of alkyl halides is 3. The molecule has 1 saturated carbocycles. The Hall–Kier alpha value is -2.85. The minimum absolute atomic E-state index is 0.00951. The summed E-state index contributed by atoms with van der Waals surface area (Å²) in [5.74, 6) is 0.579. The first kappa shape index (κ1) is 26.7. The number of rotatable bonds is 7. The van der Waals surface area contributed by atoms with Gasteiger partial charge in [-0.15, -0.1) is 0 Å². The molecule has 1 aromatic heterocycles. The molecule has 38 heavy (non-hydrogen) atoms. The van der Waals surface area contributed by atoms with Crippen molar-refractivity contribution in [3.05, 3.63) is 41.6 Å². The fourth-order valence-electron chi connectivity index (χ4n) is 5.86. The second-order valence-corrected chi connectivity index (χ2v) is 11.1. The molecule has 0 bridgehead atoms. The van der Waals surface area contributed by atoms with E-state index in [-0.39, 0.29) is 30.6 Å². The summed E-state index contributed by atoms with van der Waals surface area (Å²) in [5.41, 5.74) is 4.51. The molecular weight excluding hydrogens is 497 g/mol. The first-order chi connectivity index (χ1) is 18.1. The fraction of sp³-hybridized carbons (Fsp3) is 0.571. The number of amides is 2. The van der Waals surface area contributed by atoms with E-state index < -0.39 is 18.5 Å². The smallest absolute Gasteiger partial charge is 0.389 e. The highest BCUT2D eigenvalue weighted by Gasteiger charge is 2.57. The third kappa shape index (κ3) is 5.76. The number of hydrogen-bond donors (Lipinski definition) is 3. The zero-order valence-electron chi connectivity index (χ0n) is 21.8. The number of ether oxygens (including phenoxy) is 1. The average Bonchev–Trinajstić information content (AvgIpc) is 3.46. The van der Waals surface area contributed by atoms with Crippen LogP contribution in [-0.4, -0.2) is 66.1 Å². The number of pyridine rings is 1. The van der Waals surface area contributed by atoms with E-state index >= 15 is 0 Å². The van der Waals surface area contributed by atoms with Crippen molar-refractivity contribution in [3.63, 3.8) is 0 Å². The summed E-state index contributed by atoms with van der Waals surface area (Å²) < 4.78 is 44.0. The summed E-state index contributed by atoms with van der Waals surface area (Å²) in [5, 5.41) is 15.7. The molecule has 3 fully saturated rings. The van der Waals surface area contributed by atoms with Crippen LogP contribution in [0.4, 0.5) is 29.5 Å². The van der Waals surface area contributed by atoms with Gasteiger partial charge >= 0.3 is 12.2 Å². The number of aliphatic hydroxyl groups is 1. The van der Waals surface area contributed by atoms with Crippen molar-refractivity contribution in [1.29, 1.82) is 0 Å². The molecule has 4 atom stereocenters. The molecule has 0 unspecified atom stereocenters. The van der Waals surface area contributed by atoms with Gasteiger partial charge < -0.3 is 25.4 Å². The van der Waals surface area contributed by atoms with Crippen molar-refractivity contribution < 1.29 is 27.8 Å². The van der Waals surface area contributed by atoms with Crippen LogP contribution in [0, 0.1) is 18.8 Å². The highest BCUT2D eigenvalue weighted by Crippen LogP contribution is 2.58. The number of aromatic nitrogens is 1. The molecule has 2 saturated heterocycles. The Kier molecular flexibility index (Phi) is 7.30. The third-order valence-corrected chi connectivity index (χ3v) is 8.14. The number of aliphatic hydroxyl groups excluding tert-OH is 1. The molecule has 0 radical (unpaired) electrons. The number of fused-ring (bicyclic) bond motifs is 1. The minimum atomic E-state index is -4.22. The number of carbonyl (C=O) groups is 1. The van der Waals surface area contributed by atoms with Crippen molar-refractivity contribution in [1.82, 2.24) is 9.88 Å². The van der Waals surface area contributed by atoms with E-state index in [4.69, 9.17) is 9.72 Å². The molecule has 1 aliphatic carbocycles. The van der Waals surface area contributed by atoms with E-state index in [2.05, 4.69) is 16.7 Å². The van der Waals surface area contributed by atoms with Crippen molar-refractivity contribution >= 4 is 17.5 Å². The second-order valence-electron chi connectivity index (χ2n) is 11.1. The fourth-order valence-corrected chi connectivity index (χ4v) is 5.86. The van der Waals surface area contributed by atoms with Crippen molar-refractivity contribution in [2.45, 2.75) is 57.2 Å². The van der Waals surface area contributed by atoms with E-state index in [1.54, 1.807) is 0 Å². The van der Waals surface area contributed by atoms with Crippen LogP contribution in [0.3, 0.4) is 0 Å². The normalized spacial score (nSPS) is 25.6. The first-order valence-electron chi connectivity index (χ1n) is 13.3. The van der Waals surface area contributed by atoms with Gasteiger partial charge in [-0.05, 0) is 85.9 Å². The van der Waals surface area contributed by atoms with Crippen LogP contribution >= 0.6 is 0 Å². The lowest BCUT2D eigenvalue weighted by Crippen LogP contribution is -2.33. The highest BCUT2D eigenvalue weighted by molar-refractivity contribution is 5.90. The van der Waals surface area contributed by atoms with E-state index in [0.29, 0.717) is 37.0 Å². The molecule has 206 valence electrons. The topological polar surface area (TPSA) is 86.7 Å². The van der Waals surface area contributed by atoms with Gasteiger partial charge in [-0.1, -0.05) is 6.07 Å². The van der Waals surface area contributed by atoms with Gasteiger partial charge in [0.25, 0.3) is 0 Å². The molecule has 2 aliphatic heterocycles. The van der Waals surface area contributed by atoms with Crippen LogP contribution < -0.4 is 10.6 Å². The number of nitrogens with zero attached hydrogens (tertiary/aromatic N) is 2. The van der Waals surface area contributed by atoms with Crippen LogP contribution in [-0.2, 0) is 10.2 Å². The summed E-state index contributed by atoms with van der Waals surface area (Å²) in [6.45, 7) is 5.72. The van der Waals surface area contributed by atoms with E-state index in [9.17, 15) is 23.1 Å². The summed E-state index contributed by atoms with van der Waals surface area (Å²) in [4.78, 5) is 19.2. The number of halogens is 3. The highest BCUT2D eigenvalue weighted by atomic mass is 19.4. The van der Waals surface area contributed by atoms with Crippen LogP contribution in [0.1, 0.15) is 43.9 Å². The van der Waals surface area contributed by atoms with E-state index in [1.165, 1.54) is 4.90 Å². The van der Waals surface area contributed by atoms with Crippen LogP contribution in [0.15, 0.2) is 30.3 Å². The Morgan fingerprint density at radius 3 is 2.87 bits per heavy atom. The van der Waals surface area contributed by atoms with Crippen molar-refractivity contribution in [2.24, 2.45) is 11.8 Å². The number of hydrogen-bond acceptors (Lipinski definition) is 5. The van der Waals surface area contributed by atoms with Gasteiger partial charge in [-0.3, -0.25) is 0 Å². The number of aryl methyl sites for hydroxylation is 1. The summed E-state index contributed by atoms with van der Waals surface area (Å²) in [6.07, 6.45) is -2.78. The maximum atomic E-state index is 12.9. The molecule has 5 rings (SSSR count). The Balaban J connectivity index is 1.39. The number of benzene rings is 1. The number of anilines is 2. The molecule has 7 nitrogen and oxygen atoms in total. The molecule has 2 aromatic rings. The van der Waals surface area contributed by atoms with Crippen LogP contribution in [0.25, 0.3) is 11.1 Å². The average molecular weight is 533 g/mol. The molecule has 3 N–H and O–H groups in total. The quantitative estimate of drug-likeness (QED) is 0.449. The standard InChI is InChI=1S/C28H35F3N4O3/c1-17-3-4-22(33-26(37)35-7-5-19(14-35)12-28(29,30)31)11-23(17)20-9-24(27-6-8-38-16-21(27)13-27)34-25(10-20)32-18(2)15-36/h3-4,9-11,18-19,21,36H,5-8,12-16H2,1-2H3,(H,32,34)(H,33,37)/t18-,19+,21+,27-/m1/s1. The zero-order chi connectivity index (χ0) is 27.1. The molecule has 1 aromatic carbocycles. The predicted molar refractivity (Wildman–Crippen MR) is 139 cm³/mol. The van der Waals surface area contributed by atoms with Crippen molar-refractivity contribution in [3.8, 4) is 11.1 Å². The Bertz CT molecular complexity index is 1190. The molecule has 3 heterocycles. The number of urea groups is 1. The molecule has 3 aliphatic rings. The summed E-state index contributed by atoms with van der Waals surface area (Å²) >= 11 is 0. The van der Waals surface area contributed by atoms with Gasteiger partial charge in [-0.25, -0.2) is 9.78 Å². The van der Waals surface area contributed by atoms with Gasteiger partial charge in [0.1, 0.15) is 5.82 Å². The monoisotopic (exact) mass is 532 g/mol.